The third-order valence-corrected chi connectivity index (χ3v) is 4.30. The molecule has 4 heteroatoms. The predicted molar refractivity (Wildman–Crippen MR) is 99.4 cm³/mol. The van der Waals surface area contributed by atoms with Gasteiger partial charge in [-0.15, -0.1) is 10.5 Å². The first-order valence-corrected chi connectivity index (χ1v) is 7.98. The van der Waals surface area contributed by atoms with Gasteiger partial charge in [0, 0.05) is 0 Å². The van der Waals surface area contributed by atoms with Crippen LogP contribution in [0.1, 0.15) is 0 Å². The topological polar surface area (TPSA) is 66.0 Å². The third kappa shape index (κ3) is 2.66. The van der Waals surface area contributed by atoms with Gasteiger partial charge in [-0.1, -0.05) is 48.5 Å². The Balaban J connectivity index is 2.01. The van der Waals surface area contributed by atoms with Crippen LogP contribution >= 0.6 is 0 Å². The van der Waals surface area contributed by atoms with Crippen molar-refractivity contribution in [3.63, 3.8) is 0 Å². The number of hydrogen-bond donors (Lipinski definition) is 0. The first-order valence-electron chi connectivity index (χ1n) is 7.98. The number of nitriles is 2. The zero-order valence-corrected chi connectivity index (χ0v) is 13.6. The predicted octanol–water partition coefficient (Wildman–Crippen LogP) is 5.38. The standard InChI is InChI=1S/C22H12N2O2/c23-13-25-17-8-9-20-16(10-17)5-3-7-21(20)22-12-18(26-14-24)11-15-4-1-2-6-19(15)22/h1-12H. The summed E-state index contributed by atoms with van der Waals surface area (Å²) in [6, 6.07) is 23.2. The molecule has 0 heterocycles. The van der Waals surface area contributed by atoms with Crippen molar-refractivity contribution in [2.24, 2.45) is 0 Å². The Bertz CT molecular complexity index is 1220. The van der Waals surface area contributed by atoms with Crippen molar-refractivity contribution >= 4 is 21.5 Å². The Kier molecular flexibility index (Phi) is 3.86. The van der Waals surface area contributed by atoms with E-state index in [2.05, 4.69) is 0 Å². The summed E-state index contributed by atoms with van der Waals surface area (Å²) in [6.45, 7) is 0. The van der Waals surface area contributed by atoms with Gasteiger partial charge in [0.05, 0.1) is 0 Å². The molecule has 4 aromatic carbocycles. The molecule has 0 saturated carbocycles. The molecule has 0 unspecified atom stereocenters. The van der Waals surface area contributed by atoms with E-state index in [9.17, 15) is 0 Å². The van der Waals surface area contributed by atoms with Crippen molar-refractivity contribution in [1.29, 1.82) is 10.5 Å². The summed E-state index contributed by atoms with van der Waals surface area (Å²) in [4.78, 5) is 0. The normalized spacial score (nSPS) is 10.2. The van der Waals surface area contributed by atoms with Crippen LogP contribution in [0.4, 0.5) is 0 Å². The van der Waals surface area contributed by atoms with Crippen LogP contribution in [0, 0.1) is 23.0 Å². The van der Waals surface area contributed by atoms with Gasteiger partial charge < -0.3 is 9.47 Å². The van der Waals surface area contributed by atoms with E-state index in [1.165, 1.54) is 0 Å². The molecule has 122 valence electrons. The summed E-state index contributed by atoms with van der Waals surface area (Å²) in [5, 5.41) is 21.7. The SMILES string of the molecule is N#COc1ccc2c(-c3cc(OC#N)cc4ccccc34)cccc2c1. The Morgan fingerprint density at radius 2 is 1.23 bits per heavy atom. The van der Waals surface area contributed by atoms with E-state index in [0.717, 1.165) is 32.7 Å². The molecule has 4 aromatic rings. The lowest BCUT2D eigenvalue weighted by atomic mass is 9.93. The Labute approximate surface area is 150 Å². The molecule has 4 nitrogen and oxygen atoms in total. The molecule has 0 saturated heterocycles. The fourth-order valence-corrected chi connectivity index (χ4v) is 3.23. The monoisotopic (exact) mass is 336 g/mol. The number of rotatable bonds is 3. The van der Waals surface area contributed by atoms with Crippen molar-refractivity contribution < 1.29 is 9.47 Å². The zero-order chi connectivity index (χ0) is 17.9. The van der Waals surface area contributed by atoms with Gasteiger partial charge in [-0.05, 0) is 56.9 Å². The summed E-state index contributed by atoms with van der Waals surface area (Å²) in [7, 11) is 0. The highest BCUT2D eigenvalue weighted by molar-refractivity contribution is 6.06. The number of ether oxygens (including phenoxy) is 2. The highest BCUT2D eigenvalue weighted by Crippen LogP contribution is 2.37. The summed E-state index contributed by atoms with van der Waals surface area (Å²) >= 11 is 0. The van der Waals surface area contributed by atoms with Crippen LogP contribution in [0.5, 0.6) is 11.5 Å². The number of nitrogens with zero attached hydrogens (tertiary/aromatic N) is 2. The smallest absolute Gasteiger partial charge is 0.292 e. The number of hydrogen-bond acceptors (Lipinski definition) is 4. The first kappa shape index (κ1) is 15.5. The number of benzene rings is 4. The van der Waals surface area contributed by atoms with Crippen LogP contribution in [-0.4, -0.2) is 0 Å². The van der Waals surface area contributed by atoms with Crippen molar-refractivity contribution in [2.75, 3.05) is 0 Å². The molecule has 0 aromatic heterocycles. The molecule has 0 aliphatic heterocycles. The van der Waals surface area contributed by atoms with Crippen molar-refractivity contribution in [3.8, 4) is 35.1 Å². The zero-order valence-electron chi connectivity index (χ0n) is 13.6. The van der Waals surface area contributed by atoms with Crippen LogP contribution in [0.25, 0.3) is 32.7 Å². The van der Waals surface area contributed by atoms with Gasteiger partial charge >= 0.3 is 0 Å². The van der Waals surface area contributed by atoms with Crippen molar-refractivity contribution in [3.05, 3.63) is 72.8 Å². The van der Waals surface area contributed by atoms with Gasteiger partial charge in [0.15, 0.2) is 0 Å². The first-order chi connectivity index (χ1) is 12.8. The van der Waals surface area contributed by atoms with Crippen LogP contribution in [0.2, 0.25) is 0 Å². The quantitative estimate of drug-likeness (QED) is 0.471. The molecule has 0 bridgehead atoms. The minimum Gasteiger partial charge on any atom is -0.388 e. The van der Waals surface area contributed by atoms with Crippen LogP contribution in [0.3, 0.4) is 0 Å². The summed E-state index contributed by atoms with van der Waals surface area (Å²) in [6.07, 6.45) is 3.43. The number of fused-ring (bicyclic) bond motifs is 2. The van der Waals surface area contributed by atoms with E-state index in [-0.39, 0.29) is 0 Å². The molecular weight excluding hydrogens is 324 g/mol. The maximum absolute atomic E-state index is 8.89. The molecular formula is C22H12N2O2. The van der Waals surface area contributed by atoms with Crippen molar-refractivity contribution in [1.82, 2.24) is 0 Å². The lowest BCUT2D eigenvalue weighted by Crippen LogP contribution is -1.89. The molecule has 0 amide bonds. The maximum Gasteiger partial charge on any atom is 0.292 e. The average molecular weight is 336 g/mol. The molecule has 0 spiro atoms. The van der Waals surface area contributed by atoms with E-state index in [1.807, 2.05) is 66.7 Å². The summed E-state index contributed by atoms with van der Waals surface area (Å²) in [5.41, 5.74) is 2.00. The average Bonchev–Trinajstić information content (AvgIpc) is 2.67. The second-order valence-corrected chi connectivity index (χ2v) is 5.77. The molecule has 0 fully saturated rings. The van der Waals surface area contributed by atoms with Crippen molar-refractivity contribution in [2.45, 2.75) is 0 Å². The lowest BCUT2D eigenvalue weighted by Gasteiger charge is -2.12. The fourth-order valence-electron chi connectivity index (χ4n) is 3.23. The molecule has 0 aliphatic rings. The fraction of sp³-hybridized carbons (Fsp3) is 0. The minimum atomic E-state index is 0.502. The van der Waals surface area contributed by atoms with E-state index < -0.39 is 0 Å². The van der Waals surface area contributed by atoms with Gasteiger partial charge in [-0.25, -0.2) is 0 Å². The highest BCUT2D eigenvalue weighted by atomic mass is 16.5. The van der Waals surface area contributed by atoms with Crippen LogP contribution < -0.4 is 9.47 Å². The lowest BCUT2D eigenvalue weighted by molar-refractivity contribution is 0.508. The molecule has 4 rings (SSSR count). The largest absolute Gasteiger partial charge is 0.388 e. The second-order valence-electron chi connectivity index (χ2n) is 5.77. The van der Waals surface area contributed by atoms with Crippen LogP contribution in [0.15, 0.2) is 72.8 Å². The van der Waals surface area contributed by atoms with Gasteiger partial charge in [0.25, 0.3) is 12.5 Å². The highest BCUT2D eigenvalue weighted by Gasteiger charge is 2.11. The van der Waals surface area contributed by atoms with Gasteiger partial charge in [-0.2, -0.15) is 0 Å². The summed E-state index contributed by atoms with van der Waals surface area (Å²) < 4.78 is 10.0. The molecule has 26 heavy (non-hydrogen) atoms. The van der Waals surface area contributed by atoms with Crippen LogP contribution in [-0.2, 0) is 0 Å². The van der Waals surface area contributed by atoms with E-state index in [0.29, 0.717) is 11.5 Å². The van der Waals surface area contributed by atoms with E-state index in [1.54, 1.807) is 18.6 Å². The van der Waals surface area contributed by atoms with Gasteiger partial charge in [0.1, 0.15) is 11.5 Å². The second kappa shape index (κ2) is 6.47. The van der Waals surface area contributed by atoms with Gasteiger partial charge in [0.2, 0.25) is 0 Å². The minimum absolute atomic E-state index is 0.502. The molecule has 0 aliphatic carbocycles. The summed E-state index contributed by atoms with van der Waals surface area (Å²) in [5.74, 6) is 1.01. The van der Waals surface area contributed by atoms with E-state index >= 15 is 0 Å². The Morgan fingerprint density at radius 3 is 2.04 bits per heavy atom. The molecule has 0 N–H and O–H groups in total. The van der Waals surface area contributed by atoms with E-state index in [4.69, 9.17) is 20.0 Å². The van der Waals surface area contributed by atoms with Gasteiger partial charge in [-0.3, -0.25) is 0 Å². The maximum atomic E-state index is 8.89. The Hall–Kier alpha value is -4.02. The Morgan fingerprint density at radius 1 is 0.577 bits per heavy atom. The third-order valence-electron chi connectivity index (χ3n) is 4.30. The molecule has 0 atom stereocenters. The molecule has 0 radical (unpaired) electrons.